The first-order valence-corrected chi connectivity index (χ1v) is 8.40. The second-order valence-corrected chi connectivity index (χ2v) is 6.68. The number of amides is 1. The molecule has 6 heteroatoms. The molecule has 0 bridgehead atoms. The van der Waals surface area contributed by atoms with Crippen LogP contribution in [0, 0.1) is 5.92 Å². The van der Waals surface area contributed by atoms with Crippen molar-refractivity contribution in [3.05, 3.63) is 0 Å². The van der Waals surface area contributed by atoms with Gasteiger partial charge in [0, 0.05) is 19.1 Å². The number of carbonyl (C=O) groups is 2. The van der Waals surface area contributed by atoms with Crippen molar-refractivity contribution in [2.75, 3.05) is 26.8 Å². The van der Waals surface area contributed by atoms with Crippen molar-refractivity contribution in [2.24, 2.45) is 5.92 Å². The fourth-order valence-electron chi connectivity index (χ4n) is 4.09. The highest BCUT2D eigenvalue weighted by molar-refractivity contribution is 5.83. The van der Waals surface area contributed by atoms with Gasteiger partial charge in [0.25, 0.3) is 0 Å². The number of nitrogens with one attached hydrogen (secondary N) is 1. The number of rotatable bonds is 3. The number of hydrogen-bond acceptors (Lipinski definition) is 5. The topological polar surface area (TPSA) is 67.9 Å². The molecule has 1 N–H and O–H groups in total. The van der Waals surface area contributed by atoms with Crippen LogP contribution < -0.4 is 5.32 Å². The minimum absolute atomic E-state index is 0.0663. The third-order valence-electron chi connectivity index (χ3n) is 5.30. The second kappa shape index (κ2) is 6.96. The van der Waals surface area contributed by atoms with E-state index in [0.717, 1.165) is 19.4 Å². The number of nitrogens with zero attached hydrogens (tertiary/aromatic N) is 1. The van der Waals surface area contributed by atoms with Crippen molar-refractivity contribution in [3.8, 4) is 0 Å². The Labute approximate surface area is 131 Å². The maximum absolute atomic E-state index is 12.4. The number of methoxy groups -OCH3 is 1. The van der Waals surface area contributed by atoms with Crippen LogP contribution >= 0.6 is 0 Å². The normalized spacial score (nSPS) is 36.3. The maximum Gasteiger partial charge on any atom is 0.308 e. The van der Waals surface area contributed by atoms with E-state index in [-0.39, 0.29) is 30.4 Å². The Balaban J connectivity index is 1.60. The molecule has 0 aromatic rings. The molecule has 3 aliphatic rings. The number of carbonyl (C=O) groups excluding carboxylic acids is 2. The van der Waals surface area contributed by atoms with E-state index in [1.165, 1.54) is 26.4 Å². The third-order valence-corrected chi connectivity index (χ3v) is 5.30. The summed E-state index contributed by atoms with van der Waals surface area (Å²) in [6, 6.07) is 0.313. The molecule has 4 atom stereocenters. The summed E-state index contributed by atoms with van der Waals surface area (Å²) in [7, 11) is 1.39. The second-order valence-electron chi connectivity index (χ2n) is 6.68. The zero-order chi connectivity index (χ0) is 15.5. The molecule has 1 amide bonds. The van der Waals surface area contributed by atoms with Gasteiger partial charge in [-0.15, -0.1) is 0 Å². The minimum atomic E-state index is -0.257. The van der Waals surface area contributed by atoms with Gasteiger partial charge in [0.2, 0.25) is 5.91 Å². The highest BCUT2D eigenvalue weighted by Crippen LogP contribution is 2.33. The molecule has 0 unspecified atom stereocenters. The molecule has 0 aromatic carbocycles. The van der Waals surface area contributed by atoms with E-state index < -0.39 is 0 Å². The van der Waals surface area contributed by atoms with Gasteiger partial charge in [-0.2, -0.15) is 0 Å². The van der Waals surface area contributed by atoms with Crippen molar-refractivity contribution < 1.29 is 19.1 Å². The molecular formula is C16H26N2O4. The van der Waals surface area contributed by atoms with E-state index in [9.17, 15) is 9.59 Å². The molecule has 2 saturated heterocycles. The zero-order valence-corrected chi connectivity index (χ0v) is 13.3. The number of morpholine rings is 1. The van der Waals surface area contributed by atoms with Gasteiger partial charge in [-0.05, 0) is 25.2 Å². The smallest absolute Gasteiger partial charge is 0.308 e. The predicted octanol–water partition coefficient (Wildman–Crippen LogP) is 0.698. The van der Waals surface area contributed by atoms with Crippen LogP contribution in [0.4, 0.5) is 0 Å². The Morgan fingerprint density at radius 3 is 3.05 bits per heavy atom. The van der Waals surface area contributed by atoms with Crippen LogP contribution in [-0.4, -0.2) is 61.8 Å². The van der Waals surface area contributed by atoms with Crippen molar-refractivity contribution >= 4 is 11.9 Å². The highest BCUT2D eigenvalue weighted by atomic mass is 16.5. The average Bonchev–Trinajstić information content (AvgIpc) is 2.54. The molecule has 3 rings (SSSR count). The van der Waals surface area contributed by atoms with Crippen molar-refractivity contribution in [1.82, 2.24) is 10.2 Å². The van der Waals surface area contributed by atoms with Gasteiger partial charge in [0.05, 0.1) is 32.3 Å². The first-order chi connectivity index (χ1) is 10.7. The van der Waals surface area contributed by atoms with Gasteiger partial charge in [-0.3, -0.25) is 14.5 Å². The van der Waals surface area contributed by atoms with Gasteiger partial charge >= 0.3 is 5.97 Å². The summed E-state index contributed by atoms with van der Waals surface area (Å²) in [5.41, 5.74) is 0. The van der Waals surface area contributed by atoms with Crippen LogP contribution in [0.3, 0.4) is 0 Å². The van der Waals surface area contributed by atoms with Crippen LogP contribution in [0.15, 0.2) is 0 Å². The Bertz CT molecular complexity index is 428. The molecule has 3 fully saturated rings. The van der Waals surface area contributed by atoms with Crippen LogP contribution in [0.5, 0.6) is 0 Å². The molecule has 22 heavy (non-hydrogen) atoms. The fourth-order valence-corrected chi connectivity index (χ4v) is 4.09. The van der Waals surface area contributed by atoms with E-state index in [1.54, 1.807) is 0 Å². The Kier molecular flexibility index (Phi) is 4.98. The first kappa shape index (κ1) is 15.7. The minimum Gasteiger partial charge on any atom is -0.469 e. The van der Waals surface area contributed by atoms with Crippen molar-refractivity contribution in [1.29, 1.82) is 0 Å². The molecule has 6 nitrogen and oxygen atoms in total. The summed E-state index contributed by atoms with van der Waals surface area (Å²) < 4.78 is 10.3. The maximum atomic E-state index is 12.4. The van der Waals surface area contributed by atoms with Gasteiger partial charge in [-0.1, -0.05) is 12.8 Å². The van der Waals surface area contributed by atoms with Crippen LogP contribution in [0.25, 0.3) is 0 Å². The van der Waals surface area contributed by atoms with E-state index in [2.05, 4.69) is 10.2 Å². The summed E-state index contributed by atoms with van der Waals surface area (Å²) in [4.78, 5) is 26.1. The molecule has 1 aliphatic carbocycles. The standard InChI is InChI=1S/C16H26N2O4/c1-21-15(19)9-12-10-18(6-7-22-12)14-8-11-4-2-3-5-13(11)17-16(14)20/h11-14H,2-10H2,1H3,(H,17,20)/t11-,12-,13+,14-/m1/s1. The number of hydrogen-bond donors (Lipinski definition) is 1. The largest absolute Gasteiger partial charge is 0.469 e. The van der Waals surface area contributed by atoms with Crippen molar-refractivity contribution in [3.63, 3.8) is 0 Å². The van der Waals surface area contributed by atoms with E-state index in [1.807, 2.05) is 0 Å². The average molecular weight is 310 g/mol. The van der Waals surface area contributed by atoms with Gasteiger partial charge in [-0.25, -0.2) is 0 Å². The molecule has 0 radical (unpaired) electrons. The number of esters is 1. The summed E-state index contributed by atoms with van der Waals surface area (Å²) in [6.07, 6.45) is 5.88. The van der Waals surface area contributed by atoms with E-state index >= 15 is 0 Å². The summed E-state index contributed by atoms with van der Waals surface area (Å²) in [6.45, 7) is 1.96. The monoisotopic (exact) mass is 310 g/mol. The van der Waals surface area contributed by atoms with Crippen molar-refractivity contribution in [2.45, 2.75) is 56.7 Å². The fraction of sp³-hybridized carbons (Fsp3) is 0.875. The molecule has 0 spiro atoms. The Morgan fingerprint density at radius 2 is 2.23 bits per heavy atom. The lowest BCUT2D eigenvalue weighted by Crippen LogP contribution is -2.61. The summed E-state index contributed by atoms with van der Waals surface area (Å²) in [5.74, 6) is 0.507. The summed E-state index contributed by atoms with van der Waals surface area (Å²) in [5, 5.41) is 3.22. The predicted molar refractivity (Wildman–Crippen MR) is 80.2 cm³/mol. The van der Waals surface area contributed by atoms with E-state index in [0.29, 0.717) is 25.1 Å². The lowest BCUT2D eigenvalue weighted by Gasteiger charge is -2.45. The van der Waals surface area contributed by atoms with Crippen LogP contribution in [0.1, 0.15) is 38.5 Å². The molecule has 2 heterocycles. The Hall–Kier alpha value is -1.14. The molecule has 1 saturated carbocycles. The zero-order valence-electron chi connectivity index (χ0n) is 13.3. The quantitative estimate of drug-likeness (QED) is 0.777. The highest BCUT2D eigenvalue weighted by Gasteiger charge is 2.40. The van der Waals surface area contributed by atoms with Crippen LogP contribution in [0.2, 0.25) is 0 Å². The molecular weight excluding hydrogens is 284 g/mol. The molecule has 2 aliphatic heterocycles. The van der Waals surface area contributed by atoms with E-state index in [4.69, 9.17) is 9.47 Å². The van der Waals surface area contributed by atoms with Gasteiger partial charge < -0.3 is 14.8 Å². The van der Waals surface area contributed by atoms with Gasteiger partial charge in [0.15, 0.2) is 0 Å². The lowest BCUT2D eigenvalue weighted by atomic mass is 9.77. The SMILES string of the molecule is COC(=O)C[C@@H]1CN([C@@H]2C[C@H]3CCCC[C@@H]3NC2=O)CCO1. The number of fused-ring (bicyclic) bond motifs is 1. The Morgan fingerprint density at radius 1 is 1.41 bits per heavy atom. The van der Waals surface area contributed by atoms with Gasteiger partial charge in [0.1, 0.15) is 0 Å². The molecule has 0 aromatic heterocycles. The first-order valence-electron chi connectivity index (χ1n) is 8.40. The molecule has 124 valence electrons. The number of piperidine rings is 1. The summed E-state index contributed by atoms with van der Waals surface area (Å²) >= 11 is 0. The lowest BCUT2D eigenvalue weighted by molar-refractivity contribution is -0.147. The number of ether oxygens (including phenoxy) is 2. The van der Waals surface area contributed by atoms with Crippen LogP contribution in [-0.2, 0) is 19.1 Å². The third kappa shape index (κ3) is 3.43.